The highest BCUT2D eigenvalue weighted by atomic mass is 16.3. The van der Waals surface area contributed by atoms with Gasteiger partial charge in [-0.05, 0) is 88.4 Å². The number of carbonyl (C=O) groups excluding carboxylic acids is 1. The Morgan fingerprint density at radius 3 is 2.79 bits per heavy atom. The fraction of sp³-hybridized carbons (Fsp3) is 0.542. The van der Waals surface area contributed by atoms with Crippen LogP contribution in [-0.4, -0.2) is 59.0 Å². The Bertz CT molecular complexity index is 915. The molecule has 1 aromatic carbocycles. The molecule has 5 heteroatoms. The molecule has 2 N–H and O–H groups in total. The summed E-state index contributed by atoms with van der Waals surface area (Å²) in [5.41, 5.74) is 5.65. The van der Waals surface area contributed by atoms with Gasteiger partial charge in [-0.2, -0.15) is 0 Å². The SMILES string of the molecule is CCN(CC)C(=O)c1[nH]c2c(c1C)C[C@H]1CN(C)CC[C@]1(c1cccc(O)c1)C2. The number of rotatable bonds is 4. The van der Waals surface area contributed by atoms with Gasteiger partial charge in [-0.1, -0.05) is 12.1 Å². The number of fused-ring (bicyclic) bond motifs is 2. The van der Waals surface area contributed by atoms with Gasteiger partial charge < -0.3 is 19.9 Å². The number of piperidine rings is 1. The van der Waals surface area contributed by atoms with Crippen LogP contribution in [0.2, 0.25) is 0 Å². The van der Waals surface area contributed by atoms with Crippen molar-refractivity contribution in [3.8, 4) is 5.75 Å². The van der Waals surface area contributed by atoms with Crippen molar-refractivity contribution in [2.24, 2.45) is 5.92 Å². The molecular formula is C24H33N3O2. The van der Waals surface area contributed by atoms with Crippen LogP contribution in [0.4, 0.5) is 0 Å². The van der Waals surface area contributed by atoms with Crippen LogP contribution in [0.5, 0.6) is 5.75 Å². The van der Waals surface area contributed by atoms with Crippen molar-refractivity contribution in [1.29, 1.82) is 0 Å². The van der Waals surface area contributed by atoms with Crippen LogP contribution >= 0.6 is 0 Å². The third kappa shape index (κ3) is 3.25. The molecule has 1 fully saturated rings. The van der Waals surface area contributed by atoms with E-state index >= 15 is 0 Å². The molecule has 0 radical (unpaired) electrons. The lowest BCUT2D eigenvalue weighted by molar-refractivity contribution is 0.0766. The van der Waals surface area contributed by atoms with Gasteiger partial charge in [0.1, 0.15) is 11.4 Å². The summed E-state index contributed by atoms with van der Waals surface area (Å²) in [6.07, 6.45) is 2.94. The topological polar surface area (TPSA) is 59.6 Å². The number of H-pyrrole nitrogens is 1. The summed E-state index contributed by atoms with van der Waals surface area (Å²) in [6.45, 7) is 9.69. The highest BCUT2D eigenvalue weighted by Crippen LogP contribution is 2.49. The highest BCUT2D eigenvalue weighted by molar-refractivity contribution is 5.94. The Morgan fingerprint density at radius 2 is 2.10 bits per heavy atom. The van der Waals surface area contributed by atoms with E-state index < -0.39 is 0 Å². The van der Waals surface area contributed by atoms with E-state index in [1.165, 1.54) is 16.8 Å². The number of benzene rings is 1. The zero-order valence-electron chi connectivity index (χ0n) is 18.1. The molecule has 1 aliphatic carbocycles. The normalized spacial score (nSPS) is 24.1. The number of amides is 1. The fourth-order valence-electron chi connectivity index (χ4n) is 5.60. The molecule has 1 aliphatic heterocycles. The number of phenolic OH excluding ortho intramolecular Hbond substituents is 1. The third-order valence-corrected chi connectivity index (χ3v) is 7.35. The van der Waals surface area contributed by atoms with Crippen LogP contribution in [0.3, 0.4) is 0 Å². The molecule has 1 saturated heterocycles. The van der Waals surface area contributed by atoms with E-state index in [1.54, 1.807) is 6.07 Å². The number of aromatic nitrogens is 1. The summed E-state index contributed by atoms with van der Waals surface area (Å²) in [7, 11) is 2.20. The monoisotopic (exact) mass is 395 g/mol. The number of nitrogens with zero attached hydrogens (tertiary/aromatic N) is 2. The van der Waals surface area contributed by atoms with Crippen LogP contribution in [0.1, 0.15) is 53.1 Å². The number of phenols is 1. The highest BCUT2D eigenvalue weighted by Gasteiger charge is 2.48. The molecule has 29 heavy (non-hydrogen) atoms. The van der Waals surface area contributed by atoms with Crippen molar-refractivity contribution in [2.45, 2.75) is 45.4 Å². The van der Waals surface area contributed by atoms with Gasteiger partial charge >= 0.3 is 0 Å². The van der Waals surface area contributed by atoms with Gasteiger partial charge in [-0.25, -0.2) is 0 Å². The lowest BCUT2D eigenvalue weighted by Gasteiger charge is -2.50. The van der Waals surface area contributed by atoms with Crippen molar-refractivity contribution < 1.29 is 9.90 Å². The predicted octanol–water partition coefficient (Wildman–Crippen LogP) is 3.50. The maximum atomic E-state index is 13.1. The third-order valence-electron chi connectivity index (χ3n) is 7.35. The molecule has 0 unspecified atom stereocenters. The van der Waals surface area contributed by atoms with Gasteiger partial charge in [-0.3, -0.25) is 4.79 Å². The lowest BCUT2D eigenvalue weighted by Crippen LogP contribution is -2.52. The second-order valence-corrected chi connectivity index (χ2v) is 8.86. The molecule has 2 heterocycles. The number of hydrogen-bond acceptors (Lipinski definition) is 3. The molecule has 2 aliphatic rings. The molecule has 4 rings (SSSR count). The van der Waals surface area contributed by atoms with E-state index in [4.69, 9.17) is 0 Å². The summed E-state index contributed by atoms with van der Waals surface area (Å²) in [5, 5.41) is 10.1. The lowest BCUT2D eigenvalue weighted by atomic mass is 9.58. The first kappa shape index (κ1) is 20.0. The second kappa shape index (κ2) is 7.52. The van der Waals surface area contributed by atoms with E-state index in [-0.39, 0.29) is 11.3 Å². The van der Waals surface area contributed by atoms with Crippen LogP contribution in [-0.2, 0) is 18.3 Å². The summed E-state index contributed by atoms with van der Waals surface area (Å²) >= 11 is 0. The standard InChI is InChI=1S/C24H33N3O2/c1-5-27(6-2)23(29)22-16(3)20-13-18-15-26(4)11-10-24(18,14-21(20)25-22)17-8-7-9-19(28)12-17/h7-9,12,18,25,28H,5-6,10-11,13-15H2,1-4H3/t18-,24+/m0/s1. The van der Waals surface area contributed by atoms with E-state index in [0.29, 0.717) is 11.7 Å². The van der Waals surface area contributed by atoms with Gasteiger partial charge in [0.05, 0.1) is 0 Å². The number of likely N-dealkylation sites (tertiary alicyclic amines) is 1. The summed E-state index contributed by atoms with van der Waals surface area (Å²) in [6, 6.07) is 7.82. The zero-order valence-corrected chi connectivity index (χ0v) is 18.1. The smallest absolute Gasteiger partial charge is 0.270 e. The van der Waals surface area contributed by atoms with Crippen LogP contribution in [0.15, 0.2) is 24.3 Å². The zero-order chi connectivity index (χ0) is 20.8. The van der Waals surface area contributed by atoms with Gasteiger partial charge in [0.2, 0.25) is 0 Å². The van der Waals surface area contributed by atoms with E-state index in [2.05, 4.69) is 29.9 Å². The first-order valence-electron chi connectivity index (χ1n) is 10.9. The summed E-state index contributed by atoms with van der Waals surface area (Å²) in [5.74, 6) is 0.912. The van der Waals surface area contributed by atoms with Gasteiger partial charge in [0.15, 0.2) is 0 Å². The molecule has 2 atom stereocenters. The van der Waals surface area contributed by atoms with Crippen molar-refractivity contribution >= 4 is 5.91 Å². The minimum absolute atomic E-state index is 0.00502. The van der Waals surface area contributed by atoms with E-state index in [1.807, 2.05) is 30.9 Å². The predicted molar refractivity (Wildman–Crippen MR) is 116 cm³/mol. The molecule has 156 valence electrons. The largest absolute Gasteiger partial charge is 0.508 e. The molecule has 2 aromatic rings. The Morgan fingerprint density at radius 1 is 1.34 bits per heavy atom. The van der Waals surface area contributed by atoms with E-state index in [9.17, 15) is 9.90 Å². The molecule has 5 nitrogen and oxygen atoms in total. The van der Waals surface area contributed by atoms with Crippen LogP contribution < -0.4 is 0 Å². The maximum absolute atomic E-state index is 13.1. The Kier molecular flexibility index (Phi) is 5.19. The number of carbonyl (C=O) groups is 1. The summed E-state index contributed by atoms with van der Waals surface area (Å²) < 4.78 is 0. The van der Waals surface area contributed by atoms with Crippen molar-refractivity contribution in [3.63, 3.8) is 0 Å². The Hall–Kier alpha value is -2.27. The summed E-state index contributed by atoms with van der Waals surface area (Å²) in [4.78, 5) is 20.9. The van der Waals surface area contributed by atoms with Crippen molar-refractivity contribution in [2.75, 3.05) is 33.2 Å². The molecule has 0 saturated carbocycles. The maximum Gasteiger partial charge on any atom is 0.270 e. The fourth-order valence-corrected chi connectivity index (χ4v) is 5.60. The molecular weight excluding hydrogens is 362 g/mol. The van der Waals surface area contributed by atoms with Crippen molar-refractivity contribution in [1.82, 2.24) is 14.8 Å². The number of nitrogens with one attached hydrogen (secondary N) is 1. The number of aromatic amines is 1. The number of aromatic hydroxyl groups is 1. The first-order chi connectivity index (χ1) is 13.9. The van der Waals surface area contributed by atoms with Crippen LogP contribution in [0, 0.1) is 12.8 Å². The molecule has 1 amide bonds. The van der Waals surface area contributed by atoms with E-state index in [0.717, 1.165) is 56.7 Å². The second-order valence-electron chi connectivity index (χ2n) is 8.86. The minimum atomic E-state index is 0.00502. The first-order valence-corrected chi connectivity index (χ1v) is 10.9. The van der Waals surface area contributed by atoms with Gasteiger partial charge in [0.25, 0.3) is 5.91 Å². The average molecular weight is 396 g/mol. The van der Waals surface area contributed by atoms with Crippen molar-refractivity contribution in [3.05, 3.63) is 52.3 Å². The molecule has 1 aromatic heterocycles. The van der Waals surface area contributed by atoms with Gasteiger partial charge in [0, 0.05) is 30.7 Å². The molecule has 0 spiro atoms. The number of hydrogen-bond donors (Lipinski definition) is 2. The van der Waals surface area contributed by atoms with Crippen LogP contribution in [0.25, 0.3) is 0 Å². The Labute approximate surface area is 173 Å². The average Bonchev–Trinajstić information content (AvgIpc) is 3.02. The van der Waals surface area contributed by atoms with Gasteiger partial charge in [-0.15, -0.1) is 0 Å². The molecule has 0 bridgehead atoms. The quantitative estimate of drug-likeness (QED) is 0.833. The minimum Gasteiger partial charge on any atom is -0.508 e. The Balaban J connectivity index is 1.78.